The number of hydrogen-bond donors (Lipinski definition) is 1. The maximum Gasteiger partial charge on any atom is 0.128 e. The highest BCUT2D eigenvalue weighted by molar-refractivity contribution is 5.41. The quantitative estimate of drug-likeness (QED) is 0.832. The van der Waals surface area contributed by atoms with Crippen molar-refractivity contribution >= 4 is 0 Å². The molecular weight excluding hydrogens is 290 g/mol. The van der Waals surface area contributed by atoms with E-state index in [2.05, 4.69) is 28.8 Å². The van der Waals surface area contributed by atoms with Crippen molar-refractivity contribution in [1.82, 2.24) is 14.8 Å². The molecule has 1 aromatic rings. The Morgan fingerprint density at radius 1 is 1.35 bits per heavy atom. The standard InChI is InChI=1S/C18H31N3O2/c1-14-12-19-17(15(2)18(14)23-4)13-21-9-6-16(7-10-21)20(3)8-5-11-22/h12,16,22H,5-11,13H2,1-4H3. The van der Waals surface area contributed by atoms with Gasteiger partial charge in [0.25, 0.3) is 0 Å². The van der Waals surface area contributed by atoms with Gasteiger partial charge in [0.2, 0.25) is 0 Å². The number of piperidine rings is 1. The average Bonchev–Trinajstić information content (AvgIpc) is 2.56. The van der Waals surface area contributed by atoms with Crippen molar-refractivity contribution in [2.24, 2.45) is 0 Å². The lowest BCUT2D eigenvalue weighted by Gasteiger charge is -2.36. The molecule has 0 aliphatic carbocycles. The molecule has 2 rings (SSSR count). The Hall–Kier alpha value is -1.17. The lowest BCUT2D eigenvalue weighted by Crippen LogP contribution is -2.43. The molecule has 0 atom stereocenters. The molecule has 1 aliphatic rings. The largest absolute Gasteiger partial charge is 0.496 e. The van der Waals surface area contributed by atoms with Gasteiger partial charge in [-0.3, -0.25) is 9.88 Å². The Morgan fingerprint density at radius 2 is 2.04 bits per heavy atom. The molecule has 5 heteroatoms. The van der Waals surface area contributed by atoms with Crippen LogP contribution in [0.3, 0.4) is 0 Å². The number of aliphatic hydroxyl groups excluding tert-OH is 1. The molecule has 0 bridgehead atoms. The number of nitrogens with zero attached hydrogens (tertiary/aromatic N) is 3. The molecule has 5 nitrogen and oxygen atoms in total. The van der Waals surface area contributed by atoms with Gasteiger partial charge in [-0.25, -0.2) is 0 Å². The number of ether oxygens (including phenoxy) is 1. The zero-order valence-electron chi connectivity index (χ0n) is 15.0. The van der Waals surface area contributed by atoms with Gasteiger partial charge in [-0.05, 0) is 40.2 Å². The summed E-state index contributed by atoms with van der Waals surface area (Å²) < 4.78 is 5.51. The zero-order chi connectivity index (χ0) is 16.8. The first-order valence-electron chi connectivity index (χ1n) is 8.59. The first-order valence-corrected chi connectivity index (χ1v) is 8.59. The highest BCUT2D eigenvalue weighted by atomic mass is 16.5. The van der Waals surface area contributed by atoms with Crippen molar-refractivity contribution in [3.8, 4) is 5.75 Å². The van der Waals surface area contributed by atoms with E-state index in [0.717, 1.165) is 55.2 Å². The summed E-state index contributed by atoms with van der Waals surface area (Å²) in [6, 6.07) is 0.638. The van der Waals surface area contributed by atoms with Crippen LogP contribution >= 0.6 is 0 Å². The second-order valence-corrected chi connectivity index (χ2v) is 6.61. The van der Waals surface area contributed by atoms with Crippen LogP contribution in [0.25, 0.3) is 0 Å². The van der Waals surface area contributed by atoms with E-state index in [-0.39, 0.29) is 6.61 Å². The van der Waals surface area contributed by atoms with E-state index in [1.807, 2.05) is 13.1 Å². The third-order valence-corrected chi connectivity index (χ3v) is 4.97. The number of aliphatic hydroxyl groups is 1. The Morgan fingerprint density at radius 3 is 2.65 bits per heavy atom. The Kier molecular flexibility index (Phi) is 6.81. The molecule has 1 aliphatic heterocycles. The molecule has 0 unspecified atom stereocenters. The van der Waals surface area contributed by atoms with Crippen molar-refractivity contribution in [1.29, 1.82) is 0 Å². The highest BCUT2D eigenvalue weighted by Gasteiger charge is 2.23. The van der Waals surface area contributed by atoms with Crippen LogP contribution in [-0.2, 0) is 6.54 Å². The summed E-state index contributed by atoms with van der Waals surface area (Å²) in [5.41, 5.74) is 3.38. The molecule has 1 aromatic heterocycles. The lowest BCUT2D eigenvalue weighted by atomic mass is 10.0. The predicted octanol–water partition coefficient (Wildman–Crippen LogP) is 1.99. The monoisotopic (exact) mass is 321 g/mol. The van der Waals surface area contributed by atoms with E-state index < -0.39 is 0 Å². The number of likely N-dealkylation sites (tertiary alicyclic amines) is 1. The van der Waals surface area contributed by atoms with Crippen LogP contribution < -0.4 is 4.74 Å². The van der Waals surface area contributed by atoms with Gasteiger partial charge < -0.3 is 14.7 Å². The lowest BCUT2D eigenvalue weighted by molar-refractivity contribution is 0.116. The number of aromatic nitrogens is 1. The van der Waals surface area contributed by atoms with Crippen LogP contribution in [0.2, 0.25) is 0 Å². The van der Waals surface area contributed by atoms with E-state index >= 15 is 0 Å². The van der Waals surface area contributed by atoms with Crippen molar-refractivity contribution in [2.45, 2.75) is 45.7 Å². The first kappa shape index (κ1) is 18.2. The minimum atomic E-state index is 0.281. The summed E-state index contributed by atoms with van der Waals surface area (Å²) in [5.74, 6) is 0.966. The summed E-state index contributed by atoms with van der Waals surface area (Å²) >= 11 is 0. The average molecular weight is 321 g/mol. The van der Waals surface area contributed by atoms with Gasteiger partial charge in [0.05, 0.1) is 12.8 Å². The second kappa shape index (κ2) is 8.62. The van der Waals surface area contributed by atoms with Crippen LogP contribution in [0.5, 0.6) is 5.75 Å². The van der Waals surface area contributed by atoms with Crippen LogP contribution in [0, 0.1) is 13.8 Å². The number of hydrogen-bond acceptors (Lipinski definition) is 5. The van der Waals surface area contributed by atoms with E-state index in [9.17, 15) is 0 Å². The van der Waals surface area contributed by atoms with E-state index in [1.165, 1.54) is 12.8 Å². The molecule has 0 saturated carbocycles. The number of rotatable bonds is 7. The van der Waals surface area contributed by atoms with Crippen molar-refractivity contribution in [3.05, 3.63) is 23.0 Å². The SMILES string of the molecule is COc1c(C)cnc(CN2CCC(N(C)CCCO)CC2)c1C. The molecule has 0 aromatic carbocycles. The predicted molar refractivity (Wildman–Crippen MR) is 92.9 cm³/mol. The molecule has 130 valence electrons. The summed E-state index contributed by atoms with van der Waals surface area (Å²) in [5, 5.41) is 8.96. The van der Waals surface area contributed by atoms with Crippen molar-refractivity contribution in [2.75, 3.05) is 40.4 Å². The van der Waals surface area contributed by atoms with Crippen LogP contribution in [0.4, 0.5) is 0 Å². The van der Waals surface area contributed by atoms with Gasteiger partial charge >= 0.3 is 0 Å². The minimum absolute atomic E-state index is 0.281. The second-order valence-electron chi connectivity index (χ2n) is 6.61. The van der Waals surface area contributed by atoms with Gasteiger partial charge in [-0.15, -0.1) is 0 Å². The number of aryl methyl sites for hydroxylation is 1. The van der Waals surface area contributed by atoms with Gasteiger partial charge in [0.1, 0.15) is 5.75 Å². The molecule has 0 radical (unpaired) electrons. The minimum Gasteiger partial charge on any atom is -0.496 e. The summed E-state index contributed by atoms with van der Waals surface area (Å²) in [6.45, 7) is 8.51. The fourth-order valence-electron chi connectivity index (χ4n) is 3.46. The number of methoxy groups -OCH3 is 1. The highest BCUT2D eigenvalue weighted by Crippen LogP contribution is 2.25. The van der Waals surface area contributed by atoms with Crippen LogP contribution in [-0.4, -0.2) is 66.3 Å². The summed E-state index contributed by atoms with van der Waals surface area (Å²) in [7, 11) is 3.90. The maximum atomic E-state index is 8.96. The molecule has 1 saturated heterocycles. The summed E-state index contributed by atoms with van der Waals surface area (Å²) in [6.07, 6.45) is 5.15. The summed E-state index contributed by atoms with van der Waals surface area (Å²) in [4.78, 5) is 9.50. The molecule has 1 fully saturated rings. The van der Waals surface area contributed by atoms with Gasteiger partial charge in [0, 0.05) is 56.2 Å². The molecule has 0 spiro atoms. The third-order valence-electron chi connectivity index (χ3n) is 4.97. The topological polar surface area (TPSA) is 48.8 Å². The van der Waals surface area contributed by atoms with E-state index in [1.54, 1.807) is 7.11 Å². The molecule has 23 heavy (non-hydrogen) atoms. The Balaban J connectivity index is 1.89. The molecular formula is C18H31N3O2. The fraction of sp³-hybridized carbons (Fsp3) is 0.722. The van der Waals surface area contributed by atoms with Crippen LogP contribution in [0.1, 0.15) is 36.1 Å². The Bertz CT molecular complexity index is 499. The van der Waals surface area contributed by atoms with Gasteiger partial charge in [0.15, 0.2) is 0 Å². The van der Waals surface area contributed by atoms with Gasteiger partial charge in [-0.2, -0.15) is 0 Å². The number of pyridine rings is 1. The van der Waals surface area contributed by atoms with Gasteiger partial charge in [-0.1, -0.05) is 0 Å². The first-order chi connectivity index (χ1) is 11.1. The molecule has 0 amide bonds. The Labute approximate surface area is 140 Å². The third kappa shape index (κ3) is 4.66. The van der Waals surface area contributed by atoms with E-state index in [0.29, 0.717) is 6.04 Å². The molecule has 2 heterocycles. The van der Waals surface area contributed by atoms with Crippen molar-refractivity contribution in [3.63, 3.8) is 0 Å². The van der Waals surface area contributed by atoms with Crippen LogP contribution in [0.15, 0.2) is 6.20 Å². The van der Waals surface area contributed by atoms with Crippen molar-refractivity contribution < 1.29 is 9.84 Å². The zero-order valence-corrected chi connectivity index (χ0v) is 15.0. The molecule has 1 N–H and O–H groups in total. The smallest absolute Gasteiger partial charge is 0.128 e. The maximum absolute atomic E-state index is 8.96. The normalized spacial score (nSPS) is 17.0. The van der Waals surface area contributed by atoms with E-state index in [4.69, 9.17) is 9.84 Å². The fourth-order valence-corrected chi connectivity index (χ4v) is 3.46.